The molecule has 1 unspecified atom stereocenters. The molecule has 3 nitrogen and oxygen atoms in total. The molecule has 0 amide bonds. The first-order chi connectivity index (χ1) is 8.13. The molecule has 3 heteroatoms. The second-order valence-electron chi connectivity index (χ2n) is 5.05. The Kier molecular flexibility index (Phi) is 3.69. The summed E-state index contributed by atoms with van der Waals surface area (Å²) in [5.74, 6) is 0.870. The lowest BCUT2D eigenvalue weighted by atomic mass is 9.86. The van der Waals surface area contributed by atoms with E-state index < -0.39 is 5.60 Å². The van der Waals surface area contributed by atoms with Crippen LogP contribution in [0, 0.1) is 0 Å². The molecule has 1 saturated heterocycles. The van der Waals surface area contributed by atoms with Gasteiger partial charge in [0.15, 0.2) is 0 Å². The molecule has 1 aliphatic heterocycles. The number of aliphatic hydroxyl groups is 1. The largest absolute Gasteiger partial charge is 0.496 e. The lowest BCUT2D eigenvalue weighted by Crippen LogP contribution is -2.47. The molecule has 0 bridgehead atoms. The van der Waals surface area contributed by atoms with E-state index in [1.165, 1.54) is 0 Å². The van der Waals surface area contributed by atoms with Gasteiger partial charge in [0.2, 0.25) is 0 Å². The monoisotopic (exact) mass is 235 g/mol. The number of methoxy groups -OCH3 is 1. The molecule has 17 heavy (non-hydrogen) atoms. The molecule has 0 aliphatic carbocycles. The van der Waals surface area contributed by atoms with Crippen molar-refractivity contribution in [3.8, 4) is 5.75 Å². The summed E-state index contributed by atoms with van der Waals surface area (Å²) in [5.41, 5.74) is 0.481. The van der Waals surface area contributed by atoms with Crippen LogP contribution in [0.5, 0.6) is 5.75 Å². The maximum absolute atomic E-state index is 10.6. The maximum Gasteiger partial charge on any atom is 0.122 e. The summed E-state index contributed by atoms with van der Waals surface area (Å²) in [6.45, 7) is 1.82. The number of likely N-dealkylation sites (tertiary alicyclic amines) is 1. The third-order valence-electron chi connectivity index (χ3n) is 3.46. The number of benzene rings is 1. The first-order valence-corrected chi connectivity index (χ1v) is 6.16. The first-order valence-electron chi connectivity index (χ1n) is 6.16. The molecule has 1 heterocycles. The van der Waals surface area contributed by atoms with E-state index in [2.05, 4.69) is 11.9 Å². The Bertz CT molecular complexity index is 380. The standard InChI is InChI=1S/C14H21NO2/c1-15-9-5-8-14(16,11-15)10-12-6-3-4-7-13(12)17-2/h3-4,6-7,16H,5,8-11H2,1-2H3. The molecule has 1 atom stereocenters. The number of β-amino-alcohol motifs (C(OH)–C–C–N with tert-alkyl or cyclic N) is 1. The summed E-state index contributed by atoms with van der Waals surface area (Å²) >= 11 is 0. The minimum atomic E-state index is -0.609. The van der Waals surface area contributed by atoms with Gasteiger partial charge in [-0.25, -0.2) is 0 Å². The number of ether oxygens (including phenoxy) is 1. The van der Waals surface area contributed by atoms with Gasteiger partial charge in [0.1, 0.15) is 5.75 Å². The minimum absolute atomic E-state index is 0.609. The third kappa shape index (κ3) is 2.99. The van der Waals surface area contributed by atoms with E-state index in [4.69, 9.17) is 4.74 Å². The van der Waals surface area contributed by atoms with Crippen LogP contribution in [0.3, 0.4) is 0 Å². The molecule has 0 radical (unpaired) electrons. The van der Waals surface area contributed by atoms with Crippen LogP contribution in [-0.4, -0.2) is 42.9 Å². The second kappa shape index (κ2) is 5.07. The fourth-order valence-corrected chi connectivity index (χ4v) is 2.69. The molecule has 1 N–H and O–H groups in total. The molecule has 0 spiro atoms. The summed E-state index contributed by atoms with van der Waals surface area (Å²) in [6, 6.07) is 7.93. The molecule has 1 fully saturated rings. The van der Waals surface area contributed by atoms with Gasteiger partial charge < -0.3 is 14.7 Å². The Morgan fingerprint density at radius 2 is 2.18 bits per heavy atom. The number of piperidine rings is 1. The topological polar surface area (TPSA) is 32.7 Å². The highest BCUT2D eigenvalue weighted by Crippen LogP contribution is 2.28. The number of para-hydroxylation sites is 1. The number of rotatable bonds is 3. The van der Waals surface area contributed by atoms with E-state index in [1.807, 2.05) is 24.3 Å². The van der Waals surface area contributed by atoms with Gasteiger partial charge in [0, 0.05) is 13.0 Å². The van der Waals surface area contributed by atoms with E-state index in [9.17, 15) is 5.11 Å². The van der Waals surface area contributed by atoms with Gasteiger partial charge in [-0.2, -0.15) is 0 Å². The Morgan fingerprint density at radius 1 is 1.41 bits per heavy atom. The van der Waals surface area contributed by atoms with E-state index in [0.29, 0.717) is 6.42 Å². The molecule has 2 rings (SSSR count). The molecule has 94 valence electrons. The second-order valence-corrected chi connectivity index (χ2v) is 5.05. The van der Waals surface area contributed by atoms with Gasteiger partial charge >= 0.3 is 0 Å². The maximum atomic E-state index is 10.6. The average Bonchev–Trinajstić information content (AvgIpc) is 2.29. The molecule has 1 aliphatic rings. The van der Waals surface area contributed by atoms with Gasteiger partial charge in [-0.05, 0) is 38.1 Å². The van der Waals surface area contributed by atoms with Crippen LogP contribution in [0.4, 0.5) is 0 Å². The highest BCUT2D eigenvalue weighted by atomic mass is 16.5. The van der Waals surface area contributed by atoms with Crippen molar-refractivity contribution in [2.75, 3.05) is 27.2 Å². The SMILES string of the molecule is COc1ccccc1CC1(O)CCCN(C)C1. The summed E-state index contributed by atoms with van der Waals surface area (Å²) in [7, 11) is 3.74. The van der Waals surface area contributed by atoms with Crippen LogP contribution < -0.4 is 4.74 Å². The van der Waals surface area contributed by atoms with Crippen molar-refractivity contribution in [1.29, 1.82) is 0 Å². The summed E-state index contributed by atoms with van der Waals surface area (Å²) in [5, 5.41) is 10.6. The van der Waals surface area contributed by atoms with Crippen LogP contribution in [-0.2, 0) is 6.42 Å². The first kappa shape index (κ1) is 12.4. The number of hydrogen-bond acceptors (Lipinski definition) is 3. The van der Waals surface area contributed by atoms with Crippen molar-refractivity contribution in [1.82, 2.24) is 4.90 Å². The van der Waals surface area contributed by atoms with E-state index in [-0.39, 0.29) is 0 Å². The van der Waals surface area contributed by atoms with Crippen molar-refractivity contribution >= 4 is 0 Å². The average molecular weight is 235 g/mol. The number of hydrogen-bond donors (Lipinski definition) is 1. The number of likely N-dealkylation sites (N-methyl/N-ethyl adjacent to an activating group) is 1. The molecule has 1 aromatic rings. The Balaban J connectivity index is 2.13. The molecule has 0 aromatic heterocycles. The van der Waals surface area contributed by atoms with Gasteiger partial charge in [0.05, 0.1) is 12.7 Å². The highest BCUT2D eigenvalue weighted by molar-refractivity contribution is 5.34. The van der Waals surface area contributed by atoms with Crippen molar-refractivity contribution in [2.24, 2.45) is 0 Å². The zero-order valence-electron chi connectivity index (χ0n) is 10.6. The van der Waals surface area contributed by atoms with E-state index in [1.54, 1.807) is 7.11 Å². The smallest absolute Gasteiger partial charge is 0.122 e. The Labute approximate surface area is 103 Å². The lowest BCUT2D eigenvalue weighted by Gasteiger charge is -2.37. The molecule has 0 saturated carbocycles. The van der Waals surface area contributed by atoms with Crippen LogP contribution >= 0.6 is 0 Å². The Morgan fingerprint density at radius 3 is 2.88 bits per heavy atom. The van der Waals surface area contributed by atoms with E-state index in [0.717, 1.165) is 37.2 Å². The molecular formula is C14H21NO2. The van der Waals surface area contributed by atoms with Crippen LogP contribution in [0.15, 0.2) is 24.3 Å². The van der Waals surface area contributed by atoms with Gasteiger partial charge in [-0.1, -0.05) is 18.2 Å². The predicted octanol–water partition coefficient (Wildman–Crippen LogP) is 1.69. The summed E-state index contributed by atoms with van der Waals surface area (Å²) < 4.78 is 5.33. The van der Waals surface area contributed by atoms with Gasteiger partial charge in [0.25, 0.3) is 0 Å². The molecule has 1 aromatic carbocycles. The molecular weight excluding hydrogens is 214 g/mol. The summed E-state index contributed by atoms with van der Waals surface area (Å²) in [6.07, 6.45) is 2.60. The van der Waals surface area contributed by atoms with Crippen LogP contribution in [0.1, 0.15) is 18.4 Å². The fraction of sp³-hybridized carbons (Fsp3) is 0.571. The van der Waals surface area contributed by atoms with Crippen molar-refractivity contribution in [3.05, 3.63) is 29.8 Å². The minimum Gasteiger partial charge on any atom is -0.496 e. The quantitative estimate of drug-likeness (QED) is 0.865. The van der Waals surface area contributed by atoms with Gasteiger partial charge in [-0.3, -0.25) is 0 Å². The van der Waals surface area contributed by atoms with Crippen molar-refractivity contribution in [3.63, 3.8) is 0 Å². The zero-order chi connectivity index (χ0) is 12.3. The van der Waals surface area contributed by atoms with Crippen LogP contribution in [0.25, 0.3) is 0 Å². The normalized spacial score (nSPS) is 25.8. The lowest BCUT2D eigenvalue weighted by molar-refractivity contribution is -0.0227. The zero-order valence-corrected chi connectivity index (χ0v) is 10.6. The fourth-order valence-electron chi connectivity index (χ4n) is 2.69. The van der Waals surface area contributed by atoms with Crippen molar-refractivity contribution < 1.29 is 9.84 Å². The Hall–Kier alpha value is -1.06. The van der Waals surface area contributed by atoms with Crippen LogP contribution in [0.2, 0.25) is 0 Å². The predicted molar refractivity (Wildman–Crippen MR) is 68.4 cm³/mol. The highest BCUT2D eigenvalue weighted by Gasteiger charge is 2.32. The van der Waals surface area contributed by atoms with Crippen molar-refractivity contribution in [2.45, 2.75) is 24.9 Å². The number of nitrogens with zero attached hydrogens (tertiary/aromatic N) is 1. The van der Waals surface area contributed by atoms with E-state index >= 15 is 0 Å². The third-order valence-corrected chi connectivity index (χ3v) is 3.46. The summed E-state index contributed by atoms with van der Waals surface area (Å²) in [4.78, 5) is 2.19. The van der Waals surface area contributed by atoms with Gasteiger partial charge in [-0.15, -0.1) is 0 Å².